The molecule has 0 saturated carbocycles. The van der Waals surface area contributed by atoms with Crippen LogP contribution in [0.2, 0.25) is 0 Å². The molecule has 2 amide bonds. The van der Waals surface area contributed by atoms with Gasteiger partial charge in [-0.3, -0.25) is 9.36 Å². The number of carbonyl (C=O) groups excluding carboxylic acids is 1. The SMILES string of the molecule is Cc1ccc(CNC(=O)NC2CCN(c3nc4cccnc4n(C)c3=O)CC2)cc1. The van der Waals surface area contributed by atoms with Crippen LogP contribution in [0, 0.1) is 6.92 Å². The van der Waals surface area contributed by atoms with Crippen LogP contribution in [0.5, 0.6) is 0 Å². The van der Waals surface area contributed by atoms with Crippen LogP contribution < -0.4 is 21.1 Å². The minimum absolute atomic E-state index is 0.0743. The van der Waals surface area contributed by atoms with E-state index in [1.807, 2.05) is 48.2 Å². The maximum absolute atomic E-state index is 12.7. The van der Waals surface area contributed by atoms with Gasteiger partial charge in [0, 0.05) is 38.9 Å². The minimum atomic E-state index is -0.167. The Morgan fingerprint density at radius 3 is 2.63 bits per heavy atom. The molecule has 8 nitrogen and oxygen atoms in total. The fourth-order valence-electron chi connectivity index (χ4n) is 3.71. The predicted octanol–water partition coefficient (Wildman–Crippen LogP) is 2.11. The molecule has 1 aliphatic rings. The van der Waals surface area contributed by atoms with Crippen LogP contribution in [-0.2, 0) is 13.6 Å². The maximum atomic E-state index is 12.7. The number of benzene rings is 1. The summed E-state index contributed by atoms with van der Waals surface area (Å²) in [6.45, 7) is 3.86. The summed E-state index contributed by atoms with van der Waals surface area (Å²) in [5, 5.41) is 5.95. The summed E-state index contributed by atoms with van der Waals surface area (Å²) in [4.78, 5) is 35.7. The first kappa shape index (κ1) is 19.9. The molecule has 0 spiro atoms. The molecule has 8 heteroatoms. The van der Waals surface area contributed by atoms with E-state index in [4.69, 9.17) is 0 Å². The van der Waals surface area contributed by atoms with Gasteiger partial charge in [0.15, 0.2) is 11.5 Å². The Morgan fingerprint density at radius 2 is 1.90 bits per heavy atom. The number of piperidine rings is 1. The standard InChI is InChI=1S/C22H26N6O2/c1-15-5-7-16(8-6-15)14-24-22(30)25-17-9-12-28(13-10-17)20-21(29)27(2)19-18(26-20)4-3-11-23-19/h3-8,11,17H,9-10,12-14H2,1-2H3,(H2,24,25,30). The number of rotatable bonds is 4. The zero-order valence-electron chi connectivity index (χ0n) is 17.3. The highest BCUT2D eigenvalue weighted by Crippen LogP contribution is 2.17. The molecular weight excluding hydrogens is 380 g/mol. The number of carbonyl (C=O) groups is 1. The van der Waals surface area contributed by atoms with E-state index in [2.05, 4.69) is 20.6 Å². The number of amides is 2. The first-order valence-electron chi connectivity index (χ1n) is 10.2. The molecule has 3 heterocycles. The van der Waals surface area contributed by atoms with Crippen molar-refractivity contribution in [3.05, 3.63) is 64.1 Å². The highest BCUT2D eigenvalue weighted by atomic mass is 16.2. The van der Waals surface area contributed by atoms with Crippen LogP contribution in [0.15, 0.2) is 47.4 Å². The van der Waals surface area contributed by atoms with E-state index < -0.39 is 0 Å². The van der Waals surface area contributed by atoms with Gasteiger partial charge in [0.05, 0.1) is 0 Å². The van der Waals surface area contributed by atoms with Crippen molar-refractivity contribution in [2.45, 2.75) is 32.4 Å². The summed E-state index contributed by atoms with van der Waals surface area (Å²) in [7, 11) is 1.72. The molecule has 1 saturated heterocycles. The van der Waals surface area contributed by atoms with Crippen molar-refractivity contribution >= 4 is 23.0 Å². The monoisotopic (exact) mass is 406 g/mol. The molecule has 1 aliphatic heterocycles. The number of aromatic nitrogens is 3. The molecule has 4 rings (SSSR count). The van der Waals surface area contributed by atoms with Crippen molar-refractivity contribution in [3.8, 4) is 0 Å². The maximum Gasteiger partial charge on any atom is 0.315 e. The third kappa shape index (κ3) is 4.27. The molecular formula is C22H26N6O2. The van der Waals surface area contributed by atoms with E-state index in [0.29, 0.717) is 36.6 Å². The molecule has 3 aromatic rings. The molecule has 0 bridgehead atoms. The fourth-order valence-corrected chi connectivity index (χ4v) is 3.71. The summed E-state index contributed by atoms with van der Waals surface area (Å²) < 4.78 is 1.54. The van der Waals surface area contributed by atoms with Gasteiger partial charge in [-0.25, -0.2) is 14.8 Å². The molecule has 0 atom stereocenters. The fraction of sp³-hybridized carbons (Fsp3) is 0.364. The van der Waals surface area contributed by atoms with Crippen LogP contribution in [0.25, 0.3) is 11.2 Å². The molecule has 0 aliphatic carbocycles. The average molecular weight is 406 g/mol. The lowest BCUT2D eigenvalue weighted by Gasteiger charge is -2.32. The van der Waals surface area contributed by atoms with Crippen molar-refractivity contribution in [1.82, 2.24) is 25.2 Å². The second-order valence-electron chi connectivity index (χ2n) is 7.72. The van der Waals surface area contributed by atoms with Crippen molar-refractivity contribution in [3.63, 3.8) is 0 Å². The second-order valence-corrected chi connectivity index (χ2v) is 7.72. The van der Waals surface area contributed by atoms with Gasteiger partial charge < -0.3 is 15.5 Å². The lowest BCUT2D eigenvalue weighted by Crippen LogP contribution is -2.49. The van der Waals surface area contributed by atoms with Crippen LogP contribution in [0.3, 0.4) is 0 Å². The summed E-state index contributed by atoms with van der Waals surface area (Å²) in [5.41, 5.74) is 3.39. The van der Waals surface area contributed by atoms with E-state index in [1.165, 1.54) is 5.56 Å². The molecule has 2 aromatic heterocycles. The Bertz CT molecular complexity index is 1100. The Morgan fingerprint density at radius 1 is 1.17 bits per heavy atom. The number of nitrogens with one attached hydrogen (secondary N) is 2. The van der Waals surface area contributed by atoms with Crippen LogP contribution >= 0.6 is 0 Å². The molecule has 0 radical (unpaired) electrons. The number of pyridine rings is 1. The Hall–Kier alpha value is -3.42. The Kier molecular flexibility index (Phi) is 5.65. The van der Waals surface area contributed by atoms with E-state index in [1.54, 1.807) is 17.8 Å². The number of hydrogen-bond acceptors (Lipinski definition) is 5. The number of aryl methyl sites for hydroxylation is 2. The summed E-state index contributed by atoms with van der Waals surface area (Å²) in [5.74, 6) is 0.445. The quantitative estimate of drug-likeness (QED) is 0.692. The van der Waals surface area contributed by atoms with Crippen molar-refractivity contribution in [1.29, 1.82) is 0 Å². The largest absolute Gasteiger partial charge is 0.352 e. The van der Waals surface area contributed by atoms with Crippen molar-refractivity contribution in [2.24, 2.45) is 7.05 Å². The zero-order chi connectivity index (χ0) is 21.1. The van der Waals surface area contributed by atoms with Gasteiger partial charge in [0.2, 0.25) is 0 Å². The lowest BCUT2D eigenvalue weighted by atomic mass is 10.1. The van der Waals surface area contributed by atoms with Gasteiger partial charge in [0.1, 0.15) is 5.52 Å². The predicted molar refractivity (Wildman–Crippen MR) is 117 cm³/mol. The zero-order valence-corrected chi connectivity index (χ0v) is 17.3. The second kappa shape index (κ2) is 8.52. The van der Waals surface area contributed by atoms with Gasteiger partial charge in [-0.1, -0.05) is 29.8 Å². The Labute approximate surface area is 175 Å². The first-order valence-corrected chi connectivity index (χ1v) is 10.2. The molecule has 1 fully saturated rings. The van der Waals surface area contributed by atoms with Crippen LogP contribution in [0.1, 0.15) is 24.0 Å². The average Bonchev–Trinajstić information content (AvgIpc) is 2.76. The number of urea groups is 1. The number of hydrogen-bond donors (Lipinski definition) is 2. The summed E-state index contributed by atoms with van der Waals surface area (Å²) >= 11 is 0. The highest BCUT2D eigenvalue weighted by Gasteiger charge is 2.24. The van der Waals surface area contributed by atoms with E-state index >= 15 is 0 Å². The van der Waals surface area contributed by atoms with Crippen LogP contribution in [0.4, 0.5) is 10.6 Å². The van der Waals surface area contributed by atoms with Crippen molar-refractivity contribution < 1.29 is 4.79 Å². The van der Waals surface area contributed by atoms with E-state index in [0.717, 1.165) is 18.4 Å². The normalized spacial score (nSPS) is 14.7. The topological polar surface area (TPSA) is 92.2 Å². The van der Waals surface area contributed by atoms with Gasteiger partial charge in [-0.05, 0) is 37.5 Å². The minimum Gasteiger partial charge on any atom is -0.352 e. The molecule has 30 heavy (non-hydrogen) atoms. The number of nitrogens with zero attached hydrogens (tertiary/aromatic N) is 4. The van der Waals surface area contributed by atoms with Gasteiger partial charge >= 0.3 is 6.03 Å². The molecule has 0 unspecified atom stereocenters. The third-order valence-corrected chi connectivity index (χ3v) is 5.51. The molecule has 156 valence electrons. The molecule has 2 N–H and O–H groups in total. The van der Waals surface area contributed by atoms with E-state index in [-0.39, 0.29) is 17.6 Å². The van der Waals surface area contributed by atoms with Gasteiger partial charge in [0.25, 0.3) is 5.56 Å². The Balaban J connectivity index is 1.33. The summed E-state index contributed by atoms with van der Waals surface area (Å²) in [6, 6.07) is 11.7. The van der Waals surface area contributed by atoms with Gasteiger partial charge in [-0.15, -0.1) is 0 Å². The van der Waals surface area contributed by atoms with Gasteiger partial charge in [-0.2, -0.15) is 0 Å². The third-order valence-electron chi connectivity index (χ3n) is 5.51. The highest BCUT2D eigenvalue weighted by molar-refractivity contribution is 5.74. The molecule has 1 aromatic carbocycles. The van der Waals surface area contributed by atoms with E-state index in [9.17, 15) is 9.59 Å². The number of anilines is 1. The van der Waals surface area contributed by atoms with Crippen LogP contribution in [-0.4, -0.2) is 39.7 Å². The van der Waals surface area contributed by atoms with Crippen molar-refractivity contribution in [2.75, 3.05) is 18.0 Å². The summed E-state index contributed by atoms with van der Waals surface area (Å²) in [6.07, 6.45) is 3.17. The number of fused-ring (bicyclic) bond motifs is 1. The first-order chi connectivity index (χ1) is 14.5. The lowest BCUT2D eigenvalue weighted by molar-refractivity contribution is 0.234. The smallest absolute Gasteiger partial charge is 0.315 e.